The second-order valence-electron chi connectivity index (χ2n) is 6.37. The van der Waals surface area contributed by atoms with Crippen LogP contribution in [0.4, 0.5) is 4.39 Å². The van der Waals surface area contributed by atoms with Gasteiger partial charge < -0.3 is 5.32 Å². The van der Waals surface area contributed by atoms with Crippen LogP contribution < -0.4 is 5.32 Å². The number of piperazine rings is 1. The van der Waals surface area contributed by atoms with Gasteiger partial charge in [-0.1, -0.05) is 30.5 Å². The van der Waals surface area contributed by atoms with Crippen LogP contribution in [0.5, 0.6) is 0 Å². The van der Waals surface area contributed by atoms with Crippen molar-refractivity contribution in [2.45, 2.75) is 38.6 Å². The molecule has 132 valence electrons. The van der Waals surface area contributed by atoms with Gasteiger partial charge in [0.1, 0.15) is 5.82 Å². The fraction of sp³-hybridized carbons (Fsp3) is 0.647. The molecule has 23 heavy (non-hydrogen) atoms. The lowest BCUT2D eigenvalue weighted by atomic mass is 9.88. The molecule has 0 amide bonds. The van der Waals surface area contributed by atoms with Gasteiger partial charge in [0.05, 0.1) is 0 Å². The Morgan fingerprint density at radius 3 is 2.39 bits per heavy atom. The molecule has 6 heteroatoms. The molecule has 0 aromatic heterocycles. The summed E-state index contributed by atoms with van der Waals surface area (Å²) in [6.45, 7) is 5.75. The van der Waals surface area contributed by atoms with Crippen LogP contribution in [0.25, 0.3) is 0 Å². The van der Waals surface area contributed by atoms with E-state index >= 15 is 0 Å². The fourth-order valence-electron chi connectivity index (χ4n) is 3.90. The number of hydrogen-bond acceptors (Lipinski definition) is 2. The lowest BCUT2D eigenvalue weighted by molar-refractivity contribution is 0.122. The maximum absolute atomic E-state index is 14.8. The largest absolute Gasteiger partial charge is 0.314 e. The molecule has 0 radical (unpaired) electrons. The van der Waals surface area contributed by atoms with E-state index in [0.717, 1.165) is 31.7 Å². The highest BCUT2D eigenvalue weighted by Crippen LogP contribution is 2.43. The molecular weight excluding hydrogens is 358 g/mol. The van der Waals surface area contributed by atoms with Gasteiger partial charge in [0, 0.05) is 42.8 Å². The molecule has 1 aromatic carbocycles. The van der Waals surface area contributed by atoms with E-state index in [9.17, 15) is 4.39 Å². The van der Waals surface area contributed by atoms with E-state index < -0.39 is 0 Å². The molecule has 1 aliphatic heterocycles. The average Bonchev–Trinajstić information content (AvgIpc) is 3.02. The number of halogens is 4. The second-order valence-corrected chi connectivity index (χ2v) is 6.77. The molecule has 1 N–H and O–H groups in total. The number of nitrogens with one attached hydrogen (secondary N) is 1. The summed E-state index contributed by atoms with van der Waals surface area (Å²) in [5.41, 5.74) is 1.44. The second kappa shape index (κ2) is 9.43. The average molecular weight is 384 g/mol. The number of nitrogens with zero attached hydrogens (tertiary/aromatic N) is 1. The van der Waals surface area contributed by atoms with Crippen LogP contribution in [0.1, 0.15) is 42.9 Å². The Balaban J connectivity index is 0.00000132. The van der Waals surface area contributed by atoms with E-state index in [2.05, 4.69) is 10.2 Å². The predicted octanol–water partition coefficient (Wildman–Crippen LogP) is 4.77. The number of rotatable bonds is 3. The first-order valence-electron chi connectivity index (χ1n) is 8.07. The van der Waals surface area contributed by atoms with Gasteiger partial charge in [0.15, 0.2) is 0 Å². The summed E-state index contributed by atoms with van der Waals surface area (Å²) in [6.07, 6.45) is 4.91. The van der Waals surface area contributed by atoms with Gasteiger partial charge in [-0.05, 0) is 37.3 Å². The van der Waals surface area contributed by atoms with Crippen LogP contribution in [0, 0.1) is 18.7 Å². The van der Waals surface area contributed by atoms with E-state index in [4.69, 9.17) is 11.6 Å². The molecule has 2 nitrogen and oxygen atoms in total. The van der Waals surface area contributed by atoms with Gasteiger partial charge in [0.25, 0.3) is 0 Å². The normalized spacial score (nSPS) is 20.7. The maximum atomic E-state index is 14.8. The summed E-state index contributed by atoms with van der Waals surface area (Å²) in [5, 5.41) is 3.98. The van der Waals surface area contributed by atoms with Crippen LogP contribution in [0.15, 0.2) is 12.1 Å². The highest BCUT2D eigenvalue weighted by Gasteiger charge is 2.35. The van der Waals surface area contributed by atoms with Gasteiger partial charge in [-0.15, -0.1) is 24.8 Å². The van der Waals surface area contributed by atoms with Crippen molar-refractivity contribution in [2.75, 3.05) is 26.2 Å². The van der Waals surface area contributed by atoms with Crippen LogP contribution >= 0.6 is 36.4 Å². The molecule has 2 fully saturated rings. The topological polar surface area (TPSA) is 15.3 Å². The monoisotopic (exact) mass is 382 g/mol. The van der Waals surface area contributed by atoms with Gasteiger partial charge in [0.2, 0.25) is 0 Å². The molecule has 1 saturated carbocycles. The summed E-state index contributed by atoms with van der Waals surface area (Å²) < 4.78 is 14.8. The van der Waals surface area contributed by atoms with Crippen LogP contribution in [0.3, 0.4) is 0 Å². The molecule has 2 aliphatic rings. The maximum Gasteiger partial charge on any atom is 0.132 e. The highest BCUT2D eigenvalue weighted by atomic mass is 35.5. The smallest absolute Gasteiger partial charge is 0.132 e. The Labute approximate surface area is 156 Å². The predicted molar refractivity (Wildman–Crippen MR) is 99.8 cm³/mol. The van der Waals surface area contributed by atoms with E-state index in [0.29, 0.717) is 16.5 Å². The van der Waals surface area contributed by atoms with Crippen molar-refractivity contribution in [1.29, 1.82) is 0 Å². The first-order valence-corrected chi connectivity index (χ1v) is 8.45. The summed E-state index contributed by atoms with van der Waals surface area (Å²) >= 11 is 6.41. The zero-order valence-corrected chi connectivity index (χ0v) is 15.9. The first-order chi connectivity index (χ1) is 10.2. The summed E-state index contributed by atoms with van der Waals surface area (Å²) in [7, 11) is 0. The third-order valence-corrected chi connectivity index (χ3v) is 5.34. The lowest BCUT2D eigenvalue weighted by Crippen LogP contribution is -2.47. The van der Waals surface area contributed by atoms with Gasteiger partial charge in [-0.25, -0.2) is 4.39 Å². The van der Waals surface area contributed by atoms with Gasteiger partial charge >= 0.3 is 0 Å². The molecule has 0 spiro atoms. The molecule has 0 unspecified atom stereocenters. The third-order valence-electron chi connectivity index (χ3n) is 5.01. The minimum Gasteiger partial charge on any atom is -0.314 e. The zero-order chi connectivity index (χ0) is 14.8. The fourth-order valence-corrected chi connectivity index (χ4v) is 4.16. The number of hydrogen-bond donors (Lipinski definition) is 1. The summed E-state index contributed by atoms with van der Waals surface area (Å²) in [6, 6.07) is 3.78. The zero-order valence-electron chi connectivity index (χ0n) is 13.5. The van der Waals surface area contributed by atoms with Crippen LogP contribution in [-0.4, -0.2) is 31.1 Å². The first kappa shape index (κ1) is 21.0. The minimum atomic E-state index is -0.0991. The van der Waals surface area contributed by atoms with Gasteiger partial charge in [-0.2, -0.15) is 0 Å². The van der Waals surface area contributed by atoms with E-state index in [1.54, 1.807) is 6.07 Å². The van der Waals surface area contributed by atoms with Crippen molar-refractivity contribution in [1.82, 2.24) is 10.2 Å². The molecule has 1 heterocycles. The minimum absolute atomic E-state index is 0. The Hall–Kier alpha value is -0.0600. The molecule has 1 saturated heterocycles. The molecular formula is C17H26Cl3FN2. The number of aryl methyl sites for hydroxylation is 1. The van der Waals surface area contributed by atoms with Crippen molar-refractivity contribution >= 4 is 36.4 Å². The van der Waals surface area contributed by atoms with Crippen molar-refractivity contribution in [3.8, 4) is 0 Å². The lowest BCUT2D eigenvalue weighted by Gasteiger charge is -2.39. The standard InChI is InChI=1S/C17H24ClFN2.2ClH/c1-12-6-7-14(18)15(16(12)19)17(13-4-2-3-5-13)21-10-8-20-9-11-21;;/h6-7,13,17,20H,2-5,8-11H2,1H3;2*1H/t17-;;/m1../s1. The van der Waals surface area contributed by atoms with Crippen molar-refractivity contribution < 1.29 is 4.39 Å². The Morgan fingerprint density at radius 2 is 1.78 bits per heavy atom. The third kappa shape index (κ3) is 4.52. The Morgan fingerprint density at radius 1 is 1.17 bits per heavy atom. The molecule has 0 bridgehead atoms. The number of benzene rings is 1. The molecule has 3 rings (SSSR count). The molecule has 1 aliphatic carbocycles. The highest BCUT2D eigenvalue weighted by molar-refractivity contribution is 6.31. The molecule has 1 aromatic rings. The summed E-state index contributed by atoms with van der Waals surface area (Å²) in [5.74, 6) is 0.440. The Bertz CT molecular complexity index is 501. The summed E-state index contributed by atoms with van der Waals surface area (Å²) in [4.78, 5) is 2.44. The van der Waals surface area contributed by atoms with Crippen LogP contribution in [-0.2, 0) is 0 Å². The van der Waals surface area contributed by atoms with E-state index in [1.165, 1.54) is 25.7 Å². The Kier molecular flexibility index (Phi) is 8.60. The van der Waals surface area contributed by atoms with E-state index in [-0.39, 0.29) is 36.7 Å². The molecule has 1 atom stereocenters. The SMILES string of the molecule is Cc1ccc(Cl)c([C@@H](C2CCCC2)N2CCNCC2)c1F.Cl.Cl. The van der Waals surface area contributed by atoms with E-state index in [1.807, 2.05) is 13.0 Å². The van der Waals surface area contributed by atoms with Crippen LogP contribution in [0.2, 0.25) is 5.02 Å². The van der Waals surface area contributed by atoms with Crippen molar-refractivity contribution in [2.24, 2.45) is 5.92 Å². The van der Waals surface area contributed by atoms with Gasteiger partial charge in [-0.3, -0.25) is 4.90 Å². The quantitative estimate of drug-likeness (QED) is 0.809. The van der Waals surface area contributed by atoms with Crippen molar-refractivity contribution in [3.05, 3.63) is 34.1 Å². The van der Waals surface area contributed by atoms with Crippen molar-refractivity contribution in [3.63, 3.8) is 0 Å².